The molecule has 24 heavy (non-hydrogen) atoms. The third kappa shape index (κ3) is 5.27. The number of hydrogen-bond donors (Lipinski definition) is 0. The summed E-state index contributed by atoms with van der Waals surface area (Å²) in [6, 6.07) is 8.00. The fourth-order valence-electron chi connectivity index (χ4n) is 2.59. The molecule has 0 unspecified atom stereocenters. The van der Waals surface area contributed by atoms with Crippen LogP contribution in [0.25, 0.3) is 0 Å². The summed E-state index contributed by atoms with van der Waals surface area (Å²) in [5.74, 6) is 2.28. The first-order valence-electron chi connectivity index (χ1n) is 8.17. The number of likely N-dealkylation sites (N-methyl/N-ethyl adjacent to an activating group) is 1. The van der Waals surface area contributed by atoms with Crippen molar-refractivity contribution in [1.29, 1.82) is 0 Å². The molecule has 0 amide bonds. The number of furan rings is 1. The smallest absolute Gasteiger partial charge is 0.169 e. The van der Waals surface area contributed by atoms with E-state index in [1.807, 2.05) is 31.2 Å². The van der Waals surface area contributed by atoms with Crippen molar-refractivity contribution in [3.8, 4) is 5.75 Å². The second-order valence-corrected chi connectivity index (χ2v) is 8.35. The van der Waals surface area contributed by atoms with Crippen molar-refractivity contribution in [2.24, 2.45) is 0 Å². The molecule has 1 aromatic carbocycles. The zero-order valence-electron chi connectivity index (χ0n) is 15.0. The molecule has 0 atom stereocenters. The molecular weight excluding hydrogens is 390 g/mol. The molecule has 2 aromatic rings. The molecule has 2 rings (SSSR count). The summed E-state index contributed by atoms with van der Waals surface area (Å²) in [5, 5.41) is 0.797. The number of quaternary nitrogens is 1. The van der Waals surface area contributed by atoms with E-state index in [-0.39, 0.29) is 0 Å². The summed E-state index contributed by atoms with van der Waals surface area (Å²) in [5.41, 5.74) is 2.20. The Balaban J connectivity index is 1.99. The van der Waals surface area contributed by atoms with E-state index in [0.717, 1.165) is 49.9 Å². The molecule has 0 N–H and O–H groups in total. The van der Waals surface area contributed by atoms with Crippen LogP contribution in [0.4, 0.5) is 0 Å². The molecule has 3 nitrogen and oxygen atoms in total. The summed E-state index contributed by atoms with van der Waals surface area (Å²) in [6.45, 7) is 8.68. The van der Waals surface area contributed by atoms with Gasteiger partial charge >= 0.3 is 0 Å². The van der Waals surface area contributed by atoms with Crippen LogP contribution in [0.1, 0.15) is 36.7 Å². The summed E-state index contributed by atoms with van der Waals surface area (Å²) < 4.78 is 13.3. The molecule has 0 spiro atoms. The van der Waals surface area contributed by atoms with Gasteiger partial charge in [-0.2, -0.15) is 0 Å². The lowest BCUT2D eigenvalue weighted by molar-refractivity contribution is -0.904. The lowest BCUT2D eigenvalue weighted by atomic mass is 10.0. The van der Waals surface area contributed by atoms with Gasteiger partial charge in [0.15, 0.2) is 10.4 Å². The monoisotopic (exact) mass is 414 g/mol. The fourth-order valence-corrected chi connectivity index (χ4v) is 3.10. The average molecular weight is 416 g/mol. The first kappa shape index (κ1) is 19.4. The van der Waals surface area contributed by atoms with Gasteiger partial charge in [0.05, 0.1) is 14.1 Å². The van der Waals surface area contributed by atoms with E-state index in [1.165, 1.54) is 0 Å². The van der Waals surface area contributed by atoms with E-state index < -0.39 is 0 Å². The van der Waals surface area contributed by atoms with Crippen LogP contribution in [0.2, 0.25) is 5.02 Å². The average Bonchev–Trinajstić information content (AvgIpc) is 2.86. The first-order chi connectivity index (χ1) is 11.2. The van der Waals surface area contributed by atoms with Crippen LogP contribution in [-0.4, -0.2) is 31.7 Å². The van der Waals surface area contributed by atoms with E-state index >= 15 is 0 Å². The maximum absolute atomic E-state index is 6.26. The van der Waals surface area contributed by atoms with Crippen LogP contribution in [0.5, 0.6) is 5.75 Å². The Morgan fingerprint density at radius 1 is 1.25 bits per heavy atom. The number of ether oxygens (including phenoxy) is 1. The molecule has 1 aromatic heterocycles. The molecular formula is C19H26BrClNO2+. The van der Waals surface area contributed by atoms with E-state index in [2.05, 4.69) is 43.9 Å². The van der Waals surface area contributed by atoms with Gasteiger partial charge in [0, 0.05) is 5.02 Å². The van der Waals surface area contributed by atoms with Crippen LogP contribution < -0.4 is 4.74 Å². The highest BCUT2D eigenvalue weighted by atomic mass is 79.9. The normalized spacial score (nSPS) is 12.0. The highest BCUT2D eigenvalue weighted by Gasteiger charge is 2.19. The molecule has 0 saturated heterocycles. The van der Waals surface area contributed by atoms with Gasteiger partial charge in [-0.15, -0.1) is 0 Å². The molecule has 0 aliphatic heterocycles. The van der Waals surface area contributed by atoms with Crippen molar-refractivity contribution in [2.75, 3.05) is 27.2 Å². The van der Waals surface area contributed by atoms with Gasteiger partial charge in [0.2, 0.25) is 0 Å². The Labute approximate surface area is 158 Å². The van der Waals surface area contributed by atoms with Crippen LogP contribution in [0.15, 0.2) is 33.4 Å². The minimum atomic E-state index is 0.376. The van der Waals surface area contributed by atoms with E-state index in [1.54, 1.807) is 0 Å². The van der Waals surface area contributed by atoms with Crippen molar-refractivity contribution in [3.05, 3.63) is 50.8 Å². The van der Waals surface area contributed by atoms with Crippen LogP contribution in [0, 0.1) is 6.92 Å². The first-order valence-corrected chi connectivity index (χ1v) is 9.34. The molecule has 0 aliphatic rings. The topological polar surface area (TPSA) is 22.4 Å². The molecule has 1 heterocycles. The molecule has 5 heteroatoms. The Hall–Kier alpha value is -0.970. The van der Waals surface area contributed by atoms with Crippen LogP contribution >= 0.6 is 27.5 Å². The summed E-state index contributed by atoms with van der Waals surface area (Å²) in [4.78, 5) is 0. The van der Waals surface area contributed by atoms with Gasteiger partial charge in [0.1, 0.15) is 25.4 Å². The highest BCUT2D eigenvalue weighted by molar-refractivity contribution is 9.10. The van der Waals surface area contributed by atoms with Gasteiger partial charge in [-0.1, -0.05) is 25.4 Å². The quantitative estimate of drug-likeness (QED) is 0.535. The van der Waals surface area contributed by atoms with E-state index in [9.17, 15) is 0 Å². The third-order valence-electron chi connectivity index (χ3n) is 4.08. The van der Waals surface area contributed by atoms with E-state index in [0.29, 0.717) is 12.5 Å². The number of benzene rings is 1. The minimum Gasteiger partial charge on any atom is -0.487 e. The SMILES string of the molecule is Cc1cc(OCC[N+](C)(C)Cc2ccc(Br)o2)c(C(C)C)cc1Cl. The van der Waals surface area contributed by atoms with Crippen molar-refractivity contribution in [2.45, 2.75) is 33.2 Å². The minimum absolute atomic E-state index is 0.376. The molecule has 132 valence electrons. The molecule has 0 radical (unpaired) electrons. The van der Waals surface area contributed by atoms with Crippen LogP contribution in [-0.2, 0) is 6.54 Å². The maximum Gasteiger partial charge on any atom is 0.169 e. The number of rotatable bonds is 7. The summed E-state index contributed by atoms with van der Waals surface area (Å²) in [6.07, 6.45) is 0. The summed E-state index contributed by atoms with van der Waals surface area (Å²) >= 11 is 9.60. The molecule has 0 aliphatic carbocycles. The third-order valence-corrected chi connectivity index (χ3v) is 4.91. The van der Waals surface area contributed by atoms with Crippen molar-refractivity contribution in [1.82, 2.24) is 0 Å². The predicted octanol–water partition coefficient (Wildman–Crippen LogP) is 5.78. The maximum atomic E-state index is 6.26. The van der Waals surface area contributed by atoms with E-state index in [4.69, 9.17) is 20.8 Å². The second kappa shape index (κ2) is 7.94. The number of nitrogens with zero attached hydrogens (tertiary/aromatic N) is 1. The van der Waals surface area contributed by atoms with Gasteiger partial charge in [-0.05, 0) is 64.2 Å². The van der Waals surface area contributed by atoms with Crippen molar-refractivity contribution in [3.63, 3.8) is 0 Å². The zero-order chi connectivity index (χ0) is 17.9. The van der Waals surface area contributed by atoms with Crippen LogP contribution in [0.3, 0.4) is 0 Å². The lowest BCUT2D eigenvalue weighted by Gasteiger charge is -2.29. The number of hydrogen-bond acceptors (Lipinski definition) is 2. The zero-order valence-corrected chi connectivity index (χ0v) is 17.4. The van der Waals surface area contributed by atoms with Crippen molar-refractivity contribution >= 4 is 27.5 Å². The number of aryl methyl sites for hydroxylation is 1. The predicted molar refractivity (Wildman–Crippen MR) is 103 cm³/mol. The molecule has 0 saturated carbocycles. The Morgan fingerprint density at radius 2 is 1.96 bits per heavy atom. The second-order valence-electron chi connectivity index (χ2n) is 7.17. The lowest BCUT2D eigenvalue weighted by Crippen LogP contribution is -2.41. The van der Waals surface area contributed by atoms with Gasteiger partial charge in [-0.25, -0.2) is 0 Å². The Bertz CT molecular complexity index is 695. The van der Waals surface area contributed by atoms with Gasteiger partial charge in [-0.3, -0.25) is 0 Å². The largest absolute Gasteiger partial charge is 0.487 e. The van der Waals surface area contributed by atoms with Gasteiger partial charge in [0.25, 0.3) is 0 Å². The standard InChI is InChI=1S/C19H26BrClNO2/c1-13(2)16-11-17(21)14(3)10-18(16)23-9-8-22(4,5)12-15-6-7-19(20)24-15/h6-7,10-11,13H,8-9,12H2,1-5H3/q+1. The van der Waals surface area contributed by atoms with Crippen molar-refractivity contribution < 1.29 is 13.6 Å². The highest BCUT2D eigenvalue weighted by Crippen LogP contribution is 2.32. The van der Waals surface area contributed by atoms with Gasteiger partial charge < -0.3 is 13.6 Å². The molecule has 0 bridgehead atoms. The fraction of sp³-hybridized carbons (Fsp3) is 0.474. The summed E-state index contributed by atoms with van der Waals surface area (Å²) in [7, 11) is 4.35. The molecule has 0 fully saturated rings. The number of halogens is 2. The Morgan fingerprint density at radius 3 is 2.54 bits per heavy atom. The Kier molecular flexibility index (Phi) is 6.40.